The third-order valence-corrected chi connectivity index (χ3v) is 5.73. The Balaban J connectivity index is 2.83. The van der Waals surface area contributed by atoms with Crippen molar-refractivity contribution >= 4 is 9.84 Å². The smallest absolute Gasteiger partial charge is 0.177 e. The minimum absolute atomic E-state index is 0.133. The molecule has 0 aromatic carbocycles. The summed E-state index contributed by atoms with van der Waals surface area (Å²) >= 11 is 0. The monoisotopic (exact) mass is 244 g/mol. The summed E-state index contributed by atoms with van der Waals surface area (Å²) in [5.74, 6) is 0. The van der Waals surface area contributed by atoms with E-state index in [2.05, 4.69) is 13.8 Å². The van der Waals surface area contributed by atoms with Gasteiger partial charge in [0.25, 0.3) is 0 Å². The van der Waals surface area contributed by atoms with Crippen molar-refractivity contribution in [1.82, 2.24) is 0 Å². The zero-order valence-corrected chi connectivity index (χ0v) is 11.4. The second-order valence-corrected chi connectivity index (χ2v) is 6.94. The van der Waals surface area contributed by atoms with E-state index in [1.807, 2.05) is 6.08 Å². The molecule has 1 aliphatic carbocycles. The fraction of sp³-hybridized carbons (Fsp3) is 0.846. The van der Waals surface area contributed by atoms with Gasteiger partial charge in [-0.1, -0.05) is 32.8 Å². The molecule has 0 saturated heterocycles. The van der Waals surface area contributed by atoms with Crippen LogP contribution in [0, 0.1) is 0 Å². The van der Waals surface area contributed by atoms with Gasteiger partial charge in [-0.2, -0.15) is 0 Å². The van der Waals surface area contributed by atoms with Crippen molar-refractivity contribution < 1.29 is 8.42 Å². The topological polar surface area (TPSA) is 34.1 Å². The number of allylic oxidation sites excluding steroid dienone is 2. The van der Waals surface area contributed by atoms with Gasteiger partial charge in [0.15, 0.2) is 9.84 Å². The minimum Gasteiger partial charge on any atom is -0.224 e. The second kappa shape index (κ2) is 6.43. The molecule has 16 heavy (non-hydrogen) atoms. The molecule has 0 heterocycles. The van der Waals surface area contributed by atoms with Crippen molar-refractivity contribution in [2.45, 2.75) is 70.5 Å². The quantitative estimate of drug-likeness (QED) is 0.711. The molecule has 0 spiro atoms. The van der Waals surface area contributed by atoms with E-state index in [1.54, 1.807) is 0 Å². The SMILES string of the molecule is CCCC(CCC)S(=O)(=O)C1=CCCCC1. The summed E-state index contributed by atoms with van der Waals surface area (Å²) in [6.07, 6.45) is 9.39. The van der Waals surface area contributed by atoms with Crippen LogP contribution in [0.1, 0.15) is 65.2 Å². The summed E-state index contributed by atoms with van der Waals surface area (Å²) in [5, 5.41) is -0.133. The summed E-state index contributed by atoms with van der Waals surface area (Å²) in [5.41, 5.74) is 0. The van der Waals surface area contributed by atoms with Crippen molar-refractivity contribution in [2.24, 2.45) is 0 Å². The molecule has 0 aromatic rings. The molecule has 0 fully saturated rings. The predicted molar refractivity (Wildman–Crippen MR) is 69.1 cm³/mol. The first kappa shape index (κ1) is 13.8. The van der Waals surface area contributed by atoms with Crippen molar-refractivity contribution in [3.63, 3.8) is 0 Å². The molecule has 0 bridgehead atoms. The largest absolute Gasteiger partial charge is 0.224 e. The fourth-order valence-corrected chi connectivity index (χ4v) is 4.68. The van der Waals surface area contributed by atoms with E-state index in [4.69, 9.17) is 0 Å². The lowest BCUT2D eigenvalue weighted by molar-refractivity contribution is 0.555. The van der Waals surface area contributed by atoms with E-state index >= 15 is 0 Å². The normalized spacial score (nSPS) is 17.6. The molecule has 0 unspecified atom stereocenters. The molecule has 3 heteroatoms. The van der Waals surface area contributed by atoms with E-state index < -0.39 is 9.84 Å². The van der Waals surface area contributed by atoms with Gasteiger partial charge >= 0.3 is 0 Å². The Bertz CT molecular complexity index is 322. The van der Waals surface area contributed by atoms with Gasteiger partial charge in [0.05, 0.1) is 5.25 Å². The second-order valence-electron chi connectivity index (χ2n) is 4.66. The summed E-state index contributed by atoms with van der Waals surface area (Å²) in [6.45, 7) is 4.13. The Kier molecular flexibility index (Phi) is 5.53. The van der Waals surface area contributed by atoms with E-state index in [1.165, 1.54) is 0 Å². The Morgan fingerprint density at radius 1 is 1.19 bits per heavy atom. The zero-order valence-electron chi connectivity index (χ0n) is 10.5. The number of rotatable bonds is 6. The van der Waals surface area contributed by atoms with Crippen LogP contribution in [-0.2, 0) is 9.84 Å². The Labute approximate surface area is 100 Å². The minimum atomic E-state index is -2.99. The van der Waals surface area contributed by atoms with Gasteiger partial charge in [-0.3, -0.25) is 0 Å². The van der Waals surface area contributed by atoms with Crippen LogP contribution in [0.4, 0.5) is 0 Å². The molecule has 0 radical (unpaired) electrons. The van der Waals surface area contributed by atoms with Crippen molar-refractivity contribution in [2.75, 3.05) is 0 Å². The molecule has 0 atom stereocenters. The fourth-order valence-electron chi connectivity index (χ4n) is 2.38. The number of hydrogen-bond acceptors (Lipinski definition) is 2. The lowest BCUT2D eigenvalue weighted by Crippen LogP contribution is -2.23. The van der Waals surface area contributed by atoms with E-state index in [0.717, 1.165) is 56.3 Å². The van der Waals surface area contributed by atoms with Crippen LogP contribution in [-0.4, -0.2) is 13.7 Å². The maximum absolute atomic E-state index is 12.4. The van der Waals surface area contributed by atoms with Gasteiger partial charge in [-0.15, -0.1) is 0 Å². The standard InChI is InChI=1S/C13H24O2S/c1-3-8-12(9-4-2)16(14,15)13-10-6-5-7-11-13/h10,12H,3-9,11H2,1-2H3. The average molecular weight is 244 g/mol. The van der Waals surface area contributed by atoms with Crippen molar-refractivity contribution in [3.05, 3.63) is 11.0 Å². The molecule has 1 rings (SSSR count). The molecule has 94 valence electrons. The van der Waals surface area contributed by atoms with Gasteiger partial charge in [-0.05, 0) is 38.5 Å². The number of hydrogen-bond donors (Lipinski definition) is 0. The molecular formula is C13H24O2S. The maximum atomic E-state index is 12.4. The van der Waals surface area contributed by atoms with Crippen LogP contribution in [0.2, 0.25) is 0 Å². The maximum Gasteiger partial charge on any atom is 0.177 e. The van der Waals surface area contributed by atoms with Crippen molar-refractivity contribution in [3.8, 4) is 0 Å². The Hall–Kier alpha value is -0.310. The van der Waals surface area contributed by atoms with Gasteiger partial charge < -0.3 is 0 Å². The molecule has 0 amide bonds. The zero-order chi connectivity index (χ0) is 12.0. The highest BCUT2D eigenvalue weighted by Crippen LogP contribution is 2.28. The molecule has 1 aliphatic rings. The van der Waals surface area contributed by atoms with Gasteiger partial charge in [0.1, 0.15) is 0 Å². The third-order valence-electron chi connectivity index (χ3n) is 3.27. The Morgan fingerprint density at radius 2 is 1.81 bits per heavy atom. The molecule has 0 N–H and O–H groups in total. The van der Waals surface area contributed by atoms with Crippen LogP contribution >= 0.6 is 0 Å². The average Bonchev–Trinajstić information content (AvgIpc) is 2.30. The van der Waals surface area contributed by atoms with Gasteiger partial charge in [0, 0.05) is 4.91 Å². The van der Waals surface area contributed by atoms with E-state index in [9.17, 15) is 8.42 Å². The summed E-state index contributed by atoms with van der Waals surface area (Å²) in [7, 11) is -2.99. The summed E-state index contributed by atoms with van der Waals surface area (Å²) < 4.78 is 24.8. The van der Waals surface area contributed by atoms with E-state index in [-0.39, 0.29) is 5.25 Å². The van der Waals surface area contributed by atoms with Crippen LogP contribution in [0.5, 0.6) is 0 Å². The molecule has 2 nitrogen and oxygen atoms in total. The molecule has 0 saturated carbocycles. The highest BCUT2D eigenvalue weighted by molar-refractivity contribution is 7.95. The predicted octanol–water partition coefficient (Wildman–Crippen LogP) is 3.83. The summed E-state index contributed by atoms with van der Waals surface area (Å²) in [6, 6.07) is 0. The van der Waals surface area contributed by atoms with Crippen LogP contribution in [0.25, 0.3) is 0 Å². The highest BCUT2D eigenvalue weighted by Gasteiger charge is 2.28. The molecular weight excluding hydrogens is 220 g/mol. The third kappa shape index (κ3) is 3.34. The van der Waals surface area contributed by atoms with Gasteiger partial charge in [0.2, 0.25) is 0 Å². The van der Waals surface area contributed by atoms with Crippen LogP contribution in [0.15, 0.2) is 11.0 Å². The number of sulfone groups is 1. The summed E-state index contributed by atoms with van der Waals surface area (Å²) in [4.78, 5) is 0.727. The first-order valence-corrected chi connectivity index (χ1v) is 8.10. The van der Waals surface area contributed by atoms with E-state index in [0.29, 0.717) is 0 Å². The Morgan fingerprint density at radius 3 is 2.25 bits per heavy atom. The van der Waals surface area contributed by atoms with Crippen LogP contribution < -0.4 is 0 Å². The first-order valence-electron chi connectivity index (χ1n) is 6.55. The first-order chi connectivity index (χ1) is 7.62. The molecule has 0 aliphatic heterocycles. The van der Waals surface area contributed by atoms with Gasteiger partial charge in [-0.25, -0.2) is 8.42 Å². The highest BCUT2D eigenvalue weighted by atomic mass is 32.2. The van der Waals surface area contributed by atoms with Crippen LogP contribution in [0.3, 0.4) is 0 Å². The molecule has 0 aromatic heterocycles. The lowest BCUT2D eigenvalue weighted by atomic mass is 10.1. The van der Waals surface area contributed by atoms with Crippen molar-refractivity contribution in [1.29, 1.82) is 0 Å². The lowest BCUT2D eigenvalue weighted by Gasteiger charge is -2.20.